The number of hydrogen-bond donors (Lipinski definition) is 0. The summed E-state index contributed by atoms with van der Waals surface area (Å²) in [6.45, 7) is 3.28. The first-order valence-electron chi connectivity index (χ1n) is 6.41. The highest BCUT2D eigenvalue weighted by molar-refractivity contribution is 6.24. The SMILES string of the molecule is C=CC(=O)OC(=O)C(=Cc1ccccc1)c1ccccc1. The molecule has 0 aliphatic carbocycles. The molecule has 104 valence electrons. The third kappa shape index (κ3) is 4.01. The van der Waals surface area contributed by atoms with Gasteiger partial charge < -0.3 is 4.74 Å². The maximum Gasteiger partial charge on any atom is 0.346 e. The minimum Gasteiger partial charge on any atom is -0.386 e. The fraction of sp³-hybridized carbons (Fsp3) is 0. The number of carbonyl (C=O) groups excluding carboxylic acids is 2. The largest absolute Gasteiger partial charge is 0.386 e. The van der Waals surface area contributed by atoms with Crippen LogP contribution in [0.15, 0.2) is 73.3 Å². The van der Waals surface area contributed by atoms with Crippen LogP contribution in [0.1, 0.15) is 11.1 Å². The lowest BCUT2D eigenvalue weighted by molar-refractivity contribution is -0.151. The summed E-state index contributed by atoms with van der Waals surface area (Å²) in [5.74, 6) is -1.47. The number of rotatable bonds is 4. The van der Waals surface area contributed by atoms with E-state index in [1.165, 1.54) is 0 Å². The van der Waals surface area contributed by atoms with Crippen LogP contribution in [0, 0.1) is 0 Å². The Hall–Kier alpha value is -2.94. The van der Waals surface area contributed by atoms with E-state index in [0.717, 1.165) is 11.6 Å². The zero-order chi connectivity index (χ0) is 15.1. The minimum atomic E-state index is -0.769. The van der Waals surface area contributed by atoms with Crippen molar-refractivity contribution in [1.82, 2.24) is 0 Å². The normalized spacial score (nSPS) is 10.8. The lowest BCUT2D eigenvalue weighted by Gasteiger charge is -2.06. The molecule has 0 aliphatic rings. The van der Waals surface area contributed by atoms with Crippen molar-refractivity contribution in [1.29, 1.82) is 0 Å². The molecule has 0 unspecified atom stereocenters. The van der Waals surface area contributed by atoms with Crippen LogP contribution >= 0.6 is 0 Å². The molecule has 0 aliphatic heterocycles. The van der Waals surface area contributed by atoms with Crippen molar-refractivity contribution in [3.05, 3.63) is 84.4 Å². The number of carbonyl (C=O) groups is 2. The van der Waals surface area contributed by atoms with Crippen LogP contribution in [0.2, 0.25) is 0 Å². The highest BCUT2D eigenvalue weighted by Crippen LogP contribution is 2.19. The molecule has 2 aromatic carbocycles. The average Bonchev–Trinajstić information content (AvgIpc) is 2.54. The van der Waals surface area contributed by atoms with Crippen LogP contribution in [0.25, 0.3) is 11.6 Å². The van der Waals surface area contributed by atoms with Crippen molar-refractivity contribution in [3.8, 4) is 0 Å². The average molecular weight is 278 g/mol. The van der Waals surface area contributed by atoms with Gasteiger partial charge >= 0.3 is 11.9 Å². The Morgan fingerprint density at radius 3 is 2.05 bits per heavy atom. The Balaban J connectivity index is 2.40. The van der Waals surface area contributed by atoms with Gasteiger partial charge in [-0.05, 0) is 17.2 Å². The van der Waals surface area contributed by atoms with Crippen molar-refractivity contribution in [2.24, 2.45) is 0 Å². The van der Waals surface area contributed by atoms with E-state index in [2.05, 4.69) is 6.58 Å². The molecule has 0 fully saturated rings. The van der Waals surface area contributed by atoms with Crippen molar-refractivity contribution in [3.63, 3.8) is 0 Å². The molecule has 2 rings (SSSR count). The maximum atomic E-state index is 12.2. The van der Waals surface area contributed by atoms with E-state index in [1.54, 1.807) is 18.2 Å². The van der Waals surface area contributed by atoms with E-state index in [4.69, 9.17) is 4.74 Å². The summed E-state index contributed by atoms with van der Waals surface area (Å²) in [5.41, 5.74) is 1.85. The van der Waals surface area contributed by atoms with Gasteiger partial charge in [-0.25, -0.2) is 9.59 Å². The lowest BCUT2D eigenvalue weighted by Crippen LogP contribution is -2.11. The standard InChI is InChI=1S/C18H14O3/c1-2-17(19)21-18(20)16(15-11-7-4-8-12-15)13-14-9-5-3-6-10-14/h2-13H,1H2. The summed E-state index contributed by atoms with van der Waals surface area (Å²) >= 11 is 0. The van der Waals surface area contributed by atoms with Gasteiger partial charge in [0, 0.05) is 6.08 Å². The highest BCUT2D eigenvalue weighted by Gasteiger charge is 2.16. The van der Waals surface area contributed by atoms with Crippen molar-refractivity contribution in [2.45, 2.75) is 0 Å². The third-order valence-corrected chi connectivity index (χ3v) is 2.78. The van der Waals surface area contributed by atoms with Crippen LogP contribution in [0.3, 0.4) is 0 Å². The van der Waals surface area contributed by atoms with Crippen LogP contribution in [-0.4, -0.2) is 11.9 Å². The van der Waals surface area contributed by atoms with E-state index < -0.39 is 11.9 Å². The maximum absolute atomic E-state index is 12.2. The van der Waals surface area contributed by atoms with E-state index in [-0.39, 0.29) is 0 Å². The molecule has 0 heterocycles. The molecule has 2 aromatic rings. The molecular weight excluding hydrogens is 264 g/mol. The van der Waals surface area contributed by atoms with Gasteiger partial charge in [-0.3, -0.25) is 0 Å². The van der Waals surface area contributed by atoms with Crippen molar-refractivity contribution in [2.75, 3.05) is 0 Å². The fourth-order valence-electron chi connectivity index (χ4n) is 1.78. The van der Waals surface area contributed by atoms with Gasteiger partial charge in [0.05, 0.1) is 5.57 Å². The molecule has 0 N–H and O–H groups in total. The van der Waals surface area contributed by atoms with Crippen molar-refractivity contribution < 1.29 is 14.3 Å². The molecule has 3 nitrogen and oxygen atoms in total. The molecule has 3 heteroatoms. The molecule has 0 saturated carbocycles. The predicted octanol–water partition coefficient (Wildman–Crippen LogP) is 3.48. The molecular formula is C18H14O3. The van der Waals surface area contributed by atoms with Crippen LogP contribution in [-0.2, 0) is 14.3 Å². The number of benzene rings is 2. The van der Waals surface area contributed by atoms with Gasteiger partial charge in [0.15, 0.2) is 0 Å². The molecule has 0 aromatic heterocycles. The minimum absolute atomic E-state index is 0.317. The second-order valence-corrected chi connectivity index (χ2v) is 4.25. The predicted molar refractivity (Wildman–Crippen MR) is 82.1 cm³/mol. The quantitative estimate of drug-likeness (QED) is 0.372. The Labute approximate surface area is 123 Å². The first kappa shape index (κ1) is 14.5. The number of esters is 2. The molecule has 21 heavy (non-hydrogen) atoms. The van der Waals surface area contributed by atoms with Crippen molar-refractivity contribution >= 4 is 23.6 Å². The Bertz CT molecular complexity index is 670. The summed E-state index contributed by atoms with van der Waals surface area (Å²) in [4.78, 5) is 23.4. The van der Waals surface area contributed by atoms with Gasteiger partial charge in [-0.15, -0.1) is 0 Å². The van der Waals surface area contributed by atoms with Gasteiger partial charge in [-0.2, -0.15) is 0 Å². The van der Waals surface area contributed by atoms with Gasteiger partial charge in [0.1, 0.15) is 0 Å². The topological polar surface area (TPSA) is 43.4 Å². The number of ether oxygens (including phenoxy) is 1. The Morgan fingerprint density at radius 1 is 0.905 bits per heavy atom. The van der Waals surface area contributed by atoms with Gasteiger partial charge in [0.25, 0.3) is 0 Å². The van der Waals surface area contributed by atoms with Gasteiger partial charge in [0.2, 0.25) is 0 Å². The number of hydrogen-bond acceptors (Lipinski definition) is 3. The lowest BCUT2D eigenvalue weighted by atomic mass is 10.0. The second kappa shape index (κ2) is 7.01. The summed E-state index contributed by atoms with van der Waals surface area (Å²) < 4.78 is 4.72. The fourth-order valence-corrected chi connectivity index (χ4v) is 1.78. The Morgan fingerprint density at radius 2 is 1.48 bits per heavy atom. The first-order chi connectivity index (χ1) is 10.2. The zero-order valence-corrected chi connectivity index (χ0v) is 11.4. The van der Waals surface area contributed by atoms with Crippen LogP contribution < -0.4 is 0 Å². The summed E-state index contributed by atoms with van der Waals surface area (Å²) in [5, 5.41) is 0. The van der Waals surface area contributed by atoms with E-state index in [0.29, 0.717) is 11.1 Å². The summed E-state index contributed by atoms with van der Waals surface area (Å²) in [6.07, 6.45) is 2.65. The second-order valence-electron chi connectivity index (χ2n) is 4.25. The van der Waals surface area contributed by atoms with Gasteiger partial charge in [-0.1, -0.05) is 67.2 Å². The molecule has 0 bridgehead atoms. The third-order valence-electron chi connectivity index (χ3n) is 2.78. The molecule has 0 atom stereocenters. The van der Waals surface area contributed by atoms with E-state index >= 15 is 0 Å². The summed E-state index contributed by atoms with van der Waals surface area (Å²) in [6, 6.07) is 18.4. The Kier molecular flexibility index (Phi) is 4.83. The van der Waals surface area contributed by atoms with E-state index in [9.17, 15) is 9.59 Å². The van der Waals surface area contributed by atoms with E-state index in [1.807, 2.05) is 48.5 Å². The van der Waals surface area contributed by atoms with Crippen LogP contribution in [0.5, 0.6) is 0 Å². The first-order valence-corrected chi connectivity index (χ1v) is 6.41. The molecule has 0 radical (unpaired) electrons. The molecule has 0 saturated heterocycles. The van der Waals surface area contributed by atoms with Crippen LogP contribution in [0.4, 0.5) is 0 Å². The highest BCUT2D eigenvalue weighted by atomic mass is 16.6. The monoisotopic (exact) mass is 278 g/mol. The smallest absolute Gasteiger partial charge is 0.346 e. The summed E-state index contributed by atoms with van der Waals surface area (Å²) in [7, 11) is 0. The molecule has 0 spiro atoms. The molecule has 0 amide bonds. The zero-order valence-electron chi connectivity index (χ0n) is 11.4.